The van der Waals surface area contributed by atoms with Gasteiger partial charge >= 0.3 is 0 Å². The fourth-order valence-electron chi connectivity index (χ4n) is 2.46. The number of nitrogens with zero attached hydrogens (tertiary/aromatic N) is 2. The number of nitrogens with one attached hydrogen (secondary N) is 2. The van der Waals surface area contributed by atoms with Gasteiger partial charge in [-0.1, -0.05) is 35.3 Å². The first kappa shape index (κ1) is 20.5. The molecular formula is C18H14Cl2N4O2S2. The Balaban J connectivity index is 1.55. The average molecular weight is 453 g/mol. The lowest BCUT2D eigenvalue weighted by Gasteiger charge is -2.09. The molecule has 0 amide bonds. The van der Waals surface area contributed by atoms with E-state index in [9.17, 15) is 10.1 Å². The van der Waals surface area contributed by atoms with Crippen molar-refractivity contribution >= 4 is 62.7 Å². The molecule has 1 heterocycles. The van der Waals surface area contributed by atoms with Gasteiger partial charge in [0.05, 0.1) is 10.6 Å². The third-order valence-corrected chi connectivity index (χ3v) is 5.14. The first-order valence-electron chi connectivity index (χ1n) is 8.11. The van der Waals surface area contributed by atoms with Crippen LogP contribution in [0.1, 0.15) is 5.56 Å². The standard InChI is InChI=1S/C18H14Cl2N4O2S2/c19-13-6-11(7-14(20)9-13)4-5-21-17(27)23-18-22-16(10-28-18)12-2-1-3-15(8-12)24(25)26/h1-3,6-10H,4-5H2,(H2,21,22,23,27). The number of hydrogen-bond acceptors (Lipinski definition) is 5. The van der Waals surface area contributed by atoms with Crippen LogP contribution in [0.15, 0.2) is 47.8 Å². The molecule has 0 atom stereocenters. The third kappa shape index (κ3) is 5.62. The molecule has 3 aromatic rings. The molecule has 0 fully saturated rings. The topological polar surface area (TPSA) is 80.1 Å². The Kier molecular flexibility index (Phi) is 6.79. The summed E-state index contributed by atoms with van der Waals surface area (Å²) < 4.78 is 0. The van der Waals surface area contributed by atoms with E-state index in [0.29, 0.717) is 44.5 Å². The Bertz CT molecular complexity index is 1010. The molecule has 3 rings (SSSR count). The first-order chi connectivity index (χ1) is 13.4. The maximum Gasteiger partial charge on any atom is 0.270 e. The zero-order valence-corrected chi connectivity index (χ0v) is 17.5. The second-order valence-corrected chi connectivity index (χ2v) is 7.89. The predicted molar refractivity (Wildman–Crippen MR) is 119 cm³/mol. The van der Waals surface area contributed by atoms with Crippen molar-refractivity contribution in [3.8, 4) is 11.3 Å². The summed E-state index contributed by atoms with van der Waals surface area (Å²) in [5.74, 6) is 0. The van der Waals surface area contributed by atoms with Crippen LogP contribution in [0.4, 0.5) is 10.8 Å². The van der Waals surface area contributed by atoms with E-state index < -0.39 is 4.92 Å². The molecule has 0 aliphatic rings. The van der Waals surface area contributed by atoms with E-state index in [4.69, 9.17) is 35.4 Å². The molecule has 10 heteroatoms. The van der Waals surface area contributed by atoms with Crippen LogP contribution in [-0.2, 0) is 6.42 Å². The minimum Gasteiger partial charge on any atom is -0.362 e. The summed E-state index contributed by atoms with van der Waals surface area (Å²) in [4.78, 5) is 14.9. The van der Waals surface area contributed by atoms with Gasteiger partial charge in [0.25, 0.3) is 5.69 Å². The number of non-ortho nitro benzene ring substituents is 1. The van der Waals surface area contributed by atoms with Gasteiger partial charge in [-0.2, -0.15) is 0 Å². The van der Waals surface area contributed by atoms with Crippen LogP contribution in [0.2, 0.25) is 10.0 Å². The van der Waals surface area contributed by atoms with Gasteiger partial charge in [0.15, 0.2) is 10.2 Å². The van der Waals surface area contributed by atoms with Crippen molar-refractivity contribution in [3.63, 3.8) is 0 Å². The molecule has 2 aromatic carbocycles. The van der Waals surface area contributed by atoms with Crippen molar-refractivity contribution in [1.29, 1.82) is 0 Å². The maximum absolute atomic E-state index is 10.9. The Morgan fingerprint density at radius 1 is 1.21 bits per heavy atom. The maximum atomic E-state index is 10.9. The molecule has 28 heavy (non-hydrogen) atoms. The van der Waals surface area contributed by atoms with E-state index >= 15 is 0 Å². The van der Waals surface area contributed by atoms with E-state index in [2.05, 4.69) is 15.6 Å². The van der Waals surface area contributed by atoms with E-state index in [1.807, 2.05) is 17.5 Å². The van der Waals surface area contributed by atoms with Crippen molar-refractivity contribution in [1.82, 2.24) is 10.3 Å². The molecular weight excluding hydrogens is 439 g/mol. The minimum atomic E-state index is -0.429. The summed E-state index contributed by atoms with van der Waals surface area (Å²) >= 11 is 18.6. The molecule has 144 valence electrons. The van der Waals surface area contributed by atoms with Crippen LogP contribution < -0.4 is 10.6 Å². The van der Waals surface area contributed by atoms with Crippen LogP contribution in [0.25, 0.3) is 11.3 Å². The highest BCUT2D eigenvalue weighted by molar-refractivity contribution is 7.80. The van der Waals surface area contributed by atoms with E-state index in [0.717, 1.165) is 5.56 Å². The summed E-state index contributed by atoms with van der Waals surface area (Å²) in [6, 6.07) is 11.8. The number of aromatic nitrogens is 1. The second-order valence-electron chi connectivity index (χ2n) is 5.75. The second kappa shape index (κ2) is 9.29. The third-order valence-electron chi connectivity index (χ3n) is 3.70. The first-order valence-corrected chi connectivity index (χ1v) is 10.2. The molecule has 0 radical (unpaired) electrons. The van der Waals surface area contributed by atoms with Crippen LogP contribution in [0.5, 0.6) is 0 Å². The normalized spacial score (nSPS) is 10.5. The van der Waals surface area contributed by atoms with Crippen LogP contribution in [0.3, 0.4) is 0 Å². The highest BCUT2D eigenvalue weighted by Crippen LogP contribution is 2.27. The van der Waals surface area contributed by atoms with Crippen molar-refractivity contribution in [2.24, 2.45) is 0 Å². The lowest BCUT2D eigenvalue weighted by atomic mass is 10.1. The monoisotopic (exact) mass is 452 g/mol. The van der Waals surface area contributed by atoms with Crippen molar-refractivity contribution < 1.29 is 4.92 Å². The summed E-state index contributed by atoms with van der Waals surface area (Å²) in [6.45, 7) is 0.603. The molecule has 0 aliphatic heterocycles. The average Bonchev–Trinajstić information content (AvgIpc) is 3.09. The largest absolute Gasteiger partial charge is 0.362 e. The fourth-order valence-corrected chi connectivity index (χ4v) is 4.02. The smallest absolute Gasteiger partial charge is 0.270 e. The van der Waals surface area contributed by atoms with Gasteiger partial charge in [-0.3, -0.25) is 10.1 Å². The summed E-state index contributed by atoms with van der Waals surface area (Å²) in [7, 11) is 0. The van der Waals surface area contributed by atoms with Gasteiger partial charge in [0, 0.05) is 39.7 Å². The van der Waals surface area contributed by atoms with E-state index in [1.165, 1.54) is 23.5 Å². The highest BCUT2D eigenvalue weighted by atomic mass is 35.5. The molecule has 0 saturated heterocycles. The molecule has 0 bridgehead atoms. The van der Waals surface area contributed by atoms with Crippen molar-refractivity contribution in [3.05, 3.63) is 73.6 Å². The summed E-state index contributed by atoms with van der Waals surface area (Å²) in [6.07, 6.45) is 0.707. The number of nitro benzene ring substituents is 1. The number of rotatable bonds is 6. The van der Waals surface area contributed by atoms with Crippen LogP contribution >= 0.6 is 46.8 Å². The number of nitro groups is 1. The molecule has 0 unspecified atom stereocenters. The Hall–Kier alpha value is -2.26. The van der Waals surface area contributed by atoms with Gasteiger partial charge in [0.1, 0.15) is 0 Å². The molecule has 0 saturated carbocycles. The SMILES string of the molecule is O=[N+]([O-])c1cccc(-c2csc(NC(=S)NCCc3cc(Cl)cc(Cl)c3)n2)c1. The van der Waals surface area contributed by atoms with Crippen LogP contribution in [0, 0.1) is 10.1 Å². The summed E-state index contributed by atoms with van der Waals surface area (Å²) in [5.41, 5.74) is 2.36. The van der Waals surface area contributed by atoms with Gasteiger partial charge in [-0.15, -0.1) is 11.3 Å². The molecule has 6 nitrogen and oxygen atoms in total. The Morgan fingerprint density at radius 3 is 2.68 bits per heavy atom. The molecule has 1 aromatic heterocycles. The van der Waals surface area contributed by atoms with Crippen LogP contribution in [-0.4, -0.2) is 21.6 Å². The Morgan fingerprint density at radius 2 is 1.96 bits per heavy atom. The number of benzene rings is 2. The Labute approximate surface area is 180 Å². The highest BCUT2D eigenvalue weighted by Gasteiger charge is 2.10. The van der Waals surface area contributed by atoms with Gasteiger partial charge in [0.2, 0.25) is 0 Å². The lowest BCUT2D eigenvalue weighted by Crippen LogP contribution is -2.30. The van der Waals surface area contributed by atoms with Crippen molar-refractivity contribution in [2.75, 3.05) is 11.9 Å². The quantitative estimate of drug-likeness (QED) is 0.289. The number of thiazole rings is 1. The summed E-state index contributed by atoms with van der Waals surface area (Å²) in [5, 5.41) is 21.1. The molecule has 0 aliphatic carbocycles. The minimum absolute atomic E-state index is 0.0262. The number of halogens is 2. The number of anilines is 1. The lowest BCUT2D eigenvalue weighted by molar-refractivity contribution is -0.384. The number of hydrogen-bond donors (Lipinski definition) is 2. The van der Waals surface area contributed by atoms with E-state index in [-0.39, 0.29) is 5.69 Å². The molecule has 0 spiro atoms. The van der Waals surface area contributed by atoms with Gasteiger partial charge in [-0.05, 0) is 42.4 Å². The predicted octanol–water partition coefficient (Wildman–Crippen LogP) is 5.55. The number of thiocarbonyl (C=S) groups is 1. The zero-order chi connectivity index (χ0) is 20.1. The van der Waals surface area contributed by atoms with Gasteiger partial charge < -0.3 is 10.6 Å². The fraction of sp³-hybridized carbons (Fsp3) is 0.111. The van der Waals surface area contributed by atoms with Crippen molar-refractivity contribution in [2.45, 2.75) is 6.42 Å². The molecule has 2 N–H and O–H groups in total. The zero-order valence-electron chi connectivity index (χ0n) is 14.3. The van der Waals surface area contributed by atoms with Gasteiger partial charge in [-0.25, -0.2) is 4.98 Å². The van der Waals surface area contributed by atoms with E-state index in [1.54, 1.807) is 18.2 Å².